The molecule has 0 bridgehead atoms. The summed E-state index contributed by atoms with van der Waals surface area (Å²) in [7, 11) is 0. The van der Waals surface area contributed by atoms with Gasteiger partial charge < -0.3 is 10.5 Å². The van der Waals surface area contributed by atoms with Crippen molar-refractivity contribution >= 4 is 5.82 Å². The smallest absolute Gasteiger partial charge is 0.162 e. The predicted octanol–water partition coefficient (Wildman–Crippen LogP) is 2.75. The van der Waals surface area contributed by atoms with Gasteiger partial charge in [0.05, 0.1) is 5.69 Å². The van der Waals surface area contributed by atoms with Crippen molar-refractivity contribution in [2.75, 3.05) is 12.3 Å². The quantitative estimate of drug-likeness (QED) is 0.896. The van der Waals surface area contributed by atoms with E-state index >= 15 is 0 Å². The van der Waals surface area contributed by atoms with Gasteiger partial charge in [-0.05, 0) is 19.8 Å². The first kappa shape index (κ1) is 12.1. The van der Waals surface area contributed by atoms with E-state index in [9.17, 15) is 0 Å². The Morgan fingerprint density at radius 3 is 2.68 bits per heavy atom. The molecule has 0 spiro atoms. The van der Waals surface area contributed by atoms with E-state index in [-0.39, 0.29) is 0 Å². The molecule has 0 saturated carbocycles. The Labute approximate surface area is 112 Å². The van der Waals surface area contributed by atoms with Gasteiger partial charge in [0.15, 0.2) is 5.82 Å². The minimum Gasteiger partial charge on any atom is -0.384 e. The van der Waals surface area contributed by atoms with Crippen molar-refractivity contribution in [3.8, 4) is 11.3 Å². The van der Waals surface area contributed by atoms with Gasteiger partial charge in [-0.1, -0.05) is 30.3 Å². The second kappa shape index (κ2) is 4.63. The van der Waals surface area contributed by atoms with Crippen LogP contribution in [0.4, 0.5) is 5.82 Å². The molecule has 1 aliphatic rings. The lowest BCUT2D eigenvalue weighted by Gasteiger charge is -2.22. The van der Waals surface area contributed by atoms with E-state index in [0.29, 0.717) is 11.6 Å². The monoisotopic (exact) mass is 255 g/mol. The molecule has 2 N–H and O–H groups in total. The molecule has 98 valence electrons. The number of nitrogens with two attached hydrogens (primary N) is 1. The minimum atomic E-state index is -0.404. The zero-order valence-corrected chi connectivity index (χ0v) is 11.0. The topological polar surface area (TPSA) is 61.0 Å². The molecule has 1 atom stereocenters. The van der Waals surface area contributed by atoms with Crippen LogP contribution in [0, 0.1) is 0 Å². The predicted molar refractivity (Wildman–Crippen MR) is 74.4 cm³/mol. The summed E-state index contributed by atoms with van der Waals surface area (Å²) in [6.07, 6.45) is 1.97. The number of rotatable bonds is 2. The molecule has 4 nitrogen and oxygen atoms in total. The zero-order chi connectivity index (χ0) is 13.3. The Morgan fingerprint density at radius 2 is 2.00 bits per heavy atom. The highest BCUT2D eigenvalue weighted by molar-refractivity contribution is 5.61. The van der Waals surface area contributed by atoms with Gasteiger partial charge in [0.2, 0.25) is 0 Å². The molecule has 2 aromatic rings. The molecule has 1 unspecified atom stereocenters. The summed E-state index contributed by atoms with van der Waals surface area (Å²) in [4.78, 5) is 9.00. The number of anilines is 1. The van der Waals surface area contributed by atoms with E-state index < -0.39 is 5.60 Å². The van der Waals surface area contributed by atoms with E-state index in [1.807, 2.05) is 37.3 Å². The molecular formula is C15H17N3O. The first-order valence-corrected chi connectivity index (χ1v) is 6.52. The lowest BCUT2D eigenvalue weighted by molar-refractivity contribution is 0.00954. The largest absolute Gasteiger partial charge is 0.384 e. The third kappa shape index (κ3) is 2.31. The highest BCUT2D eigenvalue weighted by atomic mass is 16.5. The summed E-state index contributed by atoms with van der Waals surface area (Å²) in [6, 6.07) is 11.8. The number of aromatic nitrogens is 2. The van der Waals surface area contributed by atoms with Crippen LogP contribution in [0.3, 0.4) is 0 Å². The molecule has 0 aliphatic carbocycles. The highest BCUT2D eigenvalue weighted by Gasteiger charge is 2.35. The van der Waals surface area contributed by atoms with Crippen LogP contribution in [0.2, 0.25) is 0 Å². The highest BCUT2D eigenvalue weighted by Crippen LogP contribution is 2.34. The maximum atomic E-state index is 5.92. The zero-order valence-electron chi connectivity index (χ0n) is 11.0. The van der Waals surface area contributed by atoms with Crippen molar-refractivity contribution in [2.45, 2.75) is 25.4 Å². The number of nitrogen functional groups attached to an aromatic ring is 1. The van der Waals surface area contributed by atoms with Crippen LogP contribution in [0.5, 0.6) is 0 Å². The van der Waals surface area contributed by atoms with Gasteiger partial charge in [0.25, 0.3) is 0 Å². The number of ether oxygens (including phenoxy) is 1. The summed E-state index contributed by atoms with van der Waals surface area (Å²) in [5, 5.41) is 0. The SMILES string of the molecule is CC1(c2nc(N)cc(-c3ccccc3)n2)CCCO1. The van der Waals surface area contributed by atoms with Crippen LogP contribution >= 0.6 is 0 Å². The summed E-state index contributed by atoms with van der Waals surface area (Å²) in [5.41, 5.74) is 7.40. The van der Waals surface area contributed by atoms with Crippen molar-refractivity contribution in [2.24, 2.45) is 0 Å². The standard InChI is InChI=1S/C15H17N3O/c1-15(8-5-9-19-15)14-17-12(10-13(16)18-14)11-6-3-2-4-7-11/h2-4,6-7,10H,5,8-9H2,1H3,(H2,16,17,18). The molecule has 1 aromatic carbocycles. The Balaban J connectivity index is 2.06. The van der Waals surface area contributed by atoms with Gasteiger partial charge in [0, 0.05) is 18.2 Å². The van der Waals surface area contributed by atoms with Crippen molar-refractivity contribution in [3.05, 3.63) is 42.2 Å². The van der Waals surface area contributed by atoms with Crippen molar-refractivity contribution in [1.82, 2.24) is 9.97 Å². The van der Waals surface area contributed by atoms with Crippen LogP contribution < -0.4 is 5.73 Å². The first-order valence-electron chi connectivity index (χ1n) is 6.52. The fourth-order valence-electron chi connectivity index (χ4n) is 2.41. The lowest BCUT2D eigenvalue weighted by Crippen LogP contribution is -2.24. The minimum absolute atomic E-state index is 0.404. The number of hydrogen-bond acceptors (Lipinski definition) is 4. The van der Waals surface area contributed by atoms with Gasteiger partial charge in [-0.3, -0.25) is 0 Å². The van der Waals surface area contributed by atoms with Gasteiger partial charge in [-0.2, -0.15) is 0 Å². The molecule has 1 saturated heterocycles. The van der Waals surface area contributed by atoms with Crippen molar-refractivity contribution in [1.29, 1.82) is 0 Å². The fraction of sp³-hybridized carbons (Fsp3) is 0.333. The third-order valence-electron chi connectivity index (χ3n) is 3.51. The van der Waals surface area contributed by atoms with E-state index in [2.05, 4.69) is 9.97 Å². The Kier molecular flexibility index (Phi) is 2.95. The van der Waals surface area contributed by atoms with Crippen molar-refractivity contribution in [3.63, 3.8) is 0 Å². The van der Waals surface area contributed by atoms with E-state index in [1.165, 1.54) is 0 Å². The third-order valence-corrected chi connectivity index (χ3v) is 3.51. The Bertz CT molecular complexity index is 577. The van der Waals surface area contributed by atoms with E-state index in [0.717, 1.165) is 30.7 Å². The van der Waals surface area contributed by atoms with Crippen LogP contribution in [-0.4, -0.2) is 16.6 Å². The van der Waals surface area contributed by atoms with E-state index in [4.69, 9.17) is 10.5 Å². The molecular weight excluding hydrogens is 238 g/mol. The van der Waals surface area contributed by atoms with Crippen LogP contribution in [0.25, 0.3) is 11.3 Å². The molecule has 1 fully saturated rings. The first-order chi connectivity index (χ1) is 9.17. The molecule has 3 rings (SSSR count). The van der Waals surface area contributed by atoms with Crippen LogP contribution in [0.15, 0.2) is 36.4 Å². The summed E-state index contributed by atoms with van der Waals surface area (Å²) in [6.45, 7) is 2.79. The summed E-state index contributed by atoms with van der Waals surface area (Å²) < 4.78 is 5.79. The average Bonchev–Trinajstić information content (AvgIpc) is 2.87. The molecule has 1 aromatic heterocycles. The average molecular weight is 255 g/mol. The second-order valence-corrected chi connectivity index (χ2v) is 5.05. The molecule has 2 heterocycles. The molecule has 19 heavy (non-hydrogen) atoms. The fourth-order valence-corrected chi connectivity index (χ4v) is 2.41. The van der Waals surface area contributed by atoms with Crippen LogP contribution in [-0.2, 0) is 10.3 Å². The number of benzene rings is 1. The summed E-state index contributed by atoms with van der Waals surface area (Å²) >= 11 is 0. The molecule has 0 amide bonds. The Hall–Kier alpha value is -1.94. The van der Waals surface area contributed by atoms with Crippen molar-refractivity contribution < 1.29 is 4.74 Å². The van der Waals surface area contributed by atoms with Gasteiger partial charge in [-0.15, -0.1) is 0 Å². The second-order valence-electron chi connectivity index (χ2n) is 5.05. The van der Waals surface area contributed by atoms with Gasteiger partial charge in [-0.25, -0.2) is 9.97 Å². The molecule has 4 heteroatoms. The van der Waals surface area contributed by atoms with Crippen LogP contribution in [0.1, 0.15) is 25.6 Å². The molecule has 0 radical (unpaired) electrons. The van der Waals surface area contributed by atoms with E-state index in [1.54, 1.807) is 6.07 Å². The van der Waals surface area contributed by atoms with Gasteiger partial charge in [0.1, 0.15) is 11.4 Å². The Morgan fingerprint density at radius 1 is 1.21 bits per heavy atom. The number of nitrogens with zero attached hydrogens (tertiary/aromatic N) is 2. The number of hydrogen-bond donors (Lipinski definition) is 1. The maximum absolute atomic E-state index is 5.92. The summed E-state index contributed by atoms with van der Waals surface area (Å²) in [5.74, 6) is 1.17. The molecule has 1 aliphatic heterocycles. The van der Waals surface area contributed by atoms with Gasteiger partial charge >= 0.3 is 0 Å². The maximum Gasteiger partial charge on any atom is 0.162 e. The lowest BCUT2D eigenvalue weighted by atomic mass is 10.0. The normalized spacial score (nSPS) is 22.6.